The summed E-state index contributed by atoms with van der Waals surface area (Å²) in [5.74, 6) is 0.486. The van der Waals surface area contributed by atoms with Crippen molar-refractivity contribution in [2.45, 2.75) is 25.5 Å². The number of aromatic amines is 1. The molecule has 1 fully saturated rings. The number of nitrogens with zero attached hydrogens (tertiary/aromatic N) is 1. The number of H-pyrrole nitrogens is 1. The van der Waals surface area contributed by atoms with Crippen LogP contribution >= 0.6 is 0 Å². The highest BCUT2D eigenvalue weighted by Gasteiger charge is 2.16. The molecule has 0 radical (unpaired) electrons. The molecular weight excluding hydrogens is 292 g/mol. The van der Waals surface area contributed by atoms with Gasteiger partial charge in [-0.2, -0.15) is 5.10 Å². The van der Waals surface area contributed by atoms with Gasteiger partial charge in [0.15, 0.2) is 0 Å². The van der Waals surface area contributed by atoms with E-state index in [4.69, 9.17) is 4.74 Å². The van der Waals surface area contributed by atoms with Gasteiger partial charge in [-0.1, -0.05) is 12.1 Å². The Kier molecular flexibility index (Phi) is 5.05. The zero-order valence-electron chi connectivity index (χ0n) is 13.3. The number of hydrogen-bond donors (Lipinski definition) is 3. The SMILES string of the molecule is COCc1cc(CNC(=O)c2ccc([C@@H]3CCNC3)cc2)[nH]n1. The maximum Gasteiger partial charge on any atom is 0.251 e. The molecule has 1 aromatic heterocycles. The van der Waals surface area contributed by atoms with E-state index in [0.29, 0.717) is 24.6 Å². The standard InChI is InChI=1S/C17H22N4O2/c1-23-11-16-8-15(20-21-16)10-19-17(22)13-4-2-12(3-5-13)14-6-7-18-9-14/h2-5,8,14,18H,6-7,9-11H2,1H3,(H,19,22)(H,20,21)/t14-/m1/s1. The summed E-state index contributed by atoms with van der Waals surface area (Å²) < 4.78 is 5.02. The van der Waals surface area contributed by atoms with Crippen molar-refractivity contribution in [2.75, 3.05) is 20.2 Å². The van der Waals surface area contributed by atoms with Crippen LogP contribution in [0.1, 0.15) is 39.6 Å². The minimum Gasteiger partial charge on any atom is -0.378 e. The van der Waals surface area contributed by atoms with Gasteiger partial charge >= 0.3 is 0 Å². The Morgan fingerprint density at radius 3 is 2.91 bits per heavy atom. The molecule has 6 nitrogen and oxygen atoms in total. The molecule has 0 bridgehead atoms. The first-order chi connectivity index (χ1) is 11.3. The highest BCUT2D eigenvalue weighted by molar-refractivity contribution is 5.94. The summed E-state index contributed by atoms with van der Waals surface area (Å²) in [6, 6.07) is 9.79. The van der Waals surface area contributed by atoms with Gasteiger partial charge in [0.2, 0.25) is 0 Å². The summed E-state index contributed by atoms with van der Waals surface area (Å²) in [6.45, 7) is 2.98. The van der Waals surface area contributed by atoms with E-state index in [0.717, 1.165) is 30.9 Å². The molecule has 23 heavy (non-hydrogen) atoms. The van der Waals surface area contributed by atoms with Crippen molar-refractivity contribution in [2.24, 2.45) is 0 Å². The molecule has 0 unspecified atom stereocenters. The van der Waals surface area contributed by atoms with Gasteiger partial charge in [0.05, 0.1) is 24.5 Å². The lowest BCUT2D eigenvalue weighted by molar-refractivity contribution is 0.0950. The fourth-order valence-corrected chi connectivity index (χ4v) is 2.85. The van der Waals surface area contributed by atoms with Gasteiger partial charge in [-0.25, -0.2) is 0 Å². The summed E-state index contributed by atoms with van der Waals surface area (Å²) in [7, 11) is 1.63. The minimum absolute atomic E-state index is 0.0796. The maximum absolute atomic E-state index is 12.2. The van der Waals surface area contributed by atoms with Crippen LogP contribution in [0.5, 0.6) is 0 Å². The number of rotatable bonds is 6. The molecule has 0 aliphatic carbocycles. The second kappa shape index (κ2) is 7.39. The Bertz CT molecular complexity index is 645. The van der Waals surface area contributed by atoms with Crippen LogP contribution in [-0.2, 0) is 17.9 Å². The van der Waals surface area contributed by atoms with Crippen LogP contribution in [-0.4, -0.2) is 36.3 Å². The van der Waals surface area contributed by atoms with Crippen LogP contribution < -0.4 is 10.6 Å². The first-order valence-electron chi connectivity index (χ1n) is 7.87. The number of ether oxygens (including phenoxy) is 1. The van der Waals surface area contributed by atoms with E-state index in [9.17, 15) is 4.79 Å². The van der Waals surface area contributed by atoms with E-state index in [1.807, 2.05) is 18.2 Å². The molecule has 3 rings (SSSR count). The van der Waals surface area contributed by atoms with Gasteiger partial charge in [-0.05, 0) is 42.6 Å². The Hall–Kier alpha value is -2.18. The van der Waals surface area contributed by atoms with Gasteiger partial charge in [0.25, 0.3) is 5.91 Å². The Balaban J connectivity index is 1.54. The van der Waals surface area contributed by atoms with Crippen molar-refractivity contribution in [3.05, 3.63) is 52.8 Å². The molecule has 1 saturated heterocycles. The lowest BCUT2D eigenvalue weighted by atomic mass is 9.97. The number of nitrogens with one attached hydrogen (secondary N) is 3. The van der Waals surface area contributed by atoms with Crippen LogP contribution in [0.3, 0.4) is 0 Å². The third-order valence-corrected chi connectivity index (χ3v) is 4.12. The van der Waals surface area contributed by atoms with Gasteiger partial charge in [0, 0.05) is 19.2 Å². The van der Waals surface area contributed by atoms with Crippen LogP contribution in [0.4, 0.5) is 0 Å². The molecular formula is C17H22N4O2. The number of benzene rings is 1. The average molecular weight is 314 g/mol. The monoisotopic (exact) mass is 314 g/mol. The quantitative estimate of drug-likeness (QED) is 0.756. The van der Waals surface area contributed by atoms with E-state index in [-0.39, 0.29) is 5.91 Å². The van der Waals surface area contributed by atoms with E-state index in [1.165, 1.54) is 5.56 Å². The second-order valence-corrected chi connectivity index (χ2v) is 5.81. The number of methoxy groups -OCH3 is 1. The molecule has 1 amide bonds. The number of carbonyl (C=O) groups is 1. The van der Waals surface area contributed by atoms with Gasteiger partial charge in [-0.3, -0.25) is 9.89 Å². The number of amides is 1. The smallest absolute Gasteiger partial charge is 0.251 e. The lowest BCUT2D eigenvalue weighted by Gasteiger charge is -2.09. The molecule has 2 aromatic rings. The number of carbonyl (C=O) groups excluding carboxylic acids is 1. The largest absolute Gasteiger partial charge is 0.378 e. The van der Waals surface area contributed by atoms with Crippen molar-refractivity contribution in [1.29, 1.82) is 0 Å². The predicted octanol–water partition coefficient (Wildman–Crippen LogP) is 1.56. The maximum atomic E-state index is 12.2. The number of aromatic nitrogens is 2. The molecule has 6 heteroatoms. The molecule has 2 heterocycles. The first-order valence-corrected chi connectivity index (χ1v) is 7.87. The topological polar surface area (TPSA) is 79.0 Å². The third kappa shape index (κ3) is 3.97. The molecule has 1 atom stereocenters. The van der Waals surface area contributed by atoms with Crippen LogP contribution in [0.2, 0.25) is 0 Å². The fourth-order valence-electron chi connectivity index (χ4n) is 2.85. The van der Waals surface area contributed by atoms with Gasteiger partial charge in [0.1, 0.15) is 0 Å². The van der Waals surface area contributed by atoms with E-state index >= 15 is 0 Å². The molecule has 0 spiro atoms. The van der Waals surface area contributed by atoms with E-state index in [1.54, 1.807) is 7.11 Å². The fraction of sp³-hybridized carbons (Fsp3) is 0.412. The zero-order chi connectivity index (χ0) is 16.1. The van der Waals surface area contributed by atoms with Gasteiger partial charge in [-0.15, -0.1) is 0 Å². The summed E-state index contributed by atoms with van der Waals surface area (Å²) >= 11 is 0. The van der Waals surface area contributed by atoms with Gasteiger partial charge < -0.3 is 15.4 Å². The van der Waals surface area contributed by atoms with Crippen LogP contribution in [0.25, 0.3) is 0 Å². The van der Waals surface area contributed by atoms with Crippen molar-refractivity contribution in [1.82, 2.24) is 20.8 Å². The second-order valence-electron chi connectivity index (χ2n) is 5.81. The molecule has 1 aliphatic rings. The highest BCUT2D eigenvalue weighted by Crippen LogP contribution is 2.22. The van der Waals surface area contributed by atoms with Crippen LogP contribution in [0.15, 0.2) is 30.3 Å². The van der Waals surface area contributed by atoms with Crippen LogP contribution in [0, 0.1) is 0 Å². The lowest BCUT2D eigenvalue weighted by Crippen LogP contribution is -2.23. The summed E-state index contributed by atoms with van der Waals surface area (Å²) in [6.07, 6.45) is 1.16. The molecule has 3 N–H and O–H groups in total. The predicted molar refractivity (Wildman–Crippen MR) is 87.1 cm³/mol. The highest BCUT2D eigenvalue weighted by atomic mass is 16.5. The minimum atomic E-state index is -0.0796. The Morgan fingerprint density at radius 1 is 1.39 bits per heavy atom. The Labute approximate surface area is 135 Å². The molecule has 1 aliphatic heterocycles. The summed E-state index contributed by atoms with van der Waals surface area (Å²) in [5.41, 5.74) is 3.66. The number of hydrogen-bond acceptors (Lipinski definition) is 4. The molecule has 0 saturated carbocycles. The van der Waals surface area contributed by atoms with Crippen molar-refractivity contribution >= 4 is 5.91 Å². The van der Waals surface area contributed by atoms with Crippen molar-refractivity contribution < 1.29 is 9.53 Å². The first kappa shape index (κ1) is 15.7. The normalized spacial score (nSPS) is 17.3. The Morgan fingerprint density at radius 2 is 2.22 bits per heavy atom. The van der Waals surface area contributed by atoms with Crippen molar-refractivity contribution in [3.63, 3.8) is 0 Å². The van der Waals surface area contributed by atoms with E-state index < -0.39 is 0 Å². The summed E-state index contributed by atoms with van der Waals surface area (Å²) in [5, 5.41) is 13.3. The van der Waals surface area contributed by atoms with Crippen molar-refractivity contribution in [3.8, 4) is 0 Å². The van der Waals surface area contributed by atoms with E-state index in [2.05, 4.69) is 33.0 Å². The average Bonchev–Trinajstić information content (AvgIpc) is 3.25. The molecule has 122 valence electrons. The molecule has 1 aromatic carbocycles. The summed E-state index contributed by atoms with van der Waals surface area (Å²) in [4.78, 5) is 12.2. The third-order valence-electron chi connectivity index (χ3n) is 4.12. The zero-order valence-corrected chi connectivity index (χ0v) is 13.3.